The highest BCUT2D eigenvalue weighted by atomic mass is 16.1. The minimum Gasteiger partial charge on any atom is -0.319 e. The zero-order valence-corrected chi connectivity index (χ0v) is 11.8. The van der Waals surface area contributed by atoms with Gasteiger partial charge in [-0.2, -0.15) is 5.10 Å². The van der Waals surface area contributed by atoms with Gasteiger partial charge in [-0.15, -0.1) is 0 Å². The van der Waals surface area contributed by atoms with Gasteiger partial charge in [0.15, 0.2) is 5.78 Å². The molecule has 2 aromatic rings. The number of benzene rings is 1. The van der Waals surface area contributed by atoms with E-state index in [0.29, 0.717) is 19.3 Å². The third-order valence-electron chi connectivity index (χ3n) is 3.98. The number of Topliss-reactive ketones (excluding diaryl/α,β-unsaturated/α-hetero) is 1. The van der Waals surface area contributed by atoms with Crippen molar-refractivity contribution in [2.75, 3.05) is 0 Å². The van der Waals surface area contributed by atoms with Crippen LogP contribution in [0, 0.1) is 0 Å². The van der Waals surface area contributed by atoms with E-state index >= 15 is 0 Å². The predicted molar refractivity (Wildman–Crippen MR) is 76.9 cm³/mol. The molecule has 0 atom stereocenters. The topological polar surface area (TPSA) is 60.9 Å². The number of nitrogens with two attached hydrogens (primary N) is 1. The van der Waals surface area contributed by atoms with Crippen LogP contribution < -0.4 is 5.73 Å². The SMILES string of the molecule is CCC(N)(CC)C(=O)Cc1nn(C)c2ccccc12. The lowest BCUT2D eigenvalue weighted by Gasteiger charge is -2.24. The number of aryl methyl sites for hydroxylation is 1. The monoisotopic (exact) mass is 259 g/mol. The van der Waals surface area contributed by atoms with Crippen LogP contribution in [0.2, 0.25) is 0 Å². The summed E-state index contributed by atoms with van der Waals surface area (Å²) < 4.78 is 1.81. The molecule has 4 heteroatoms. The molecule has 0 aliphatic heterocycles. The number of hydrogen-bond donors (Lipinski definition) is 1. The Morgan fingerprint density at radius 2 is 1.95 bits per heavy atom. The second-order valence-electron chi connectivity index (χ2n) is 5.05. The van der Waals surface area contributed by atoms with Crippen molar-refractivity contribution in [3.8, 4) is 0 Å². The summed E-state index contributed by atoms with van der Waals surface area (Å²) >= 11 is 0. The number of carbonyl (C=O) groups excluding carboxylic acids is 1. The van der Waals surface area contributed by atoms with E-state index in [1.54, 1.807) is 0 Å². The lowest BCUT2D eigenvalue weighted by atomic mass is 9.86. The number of ketones is 1. The van der Waals surface area contributed by atoms with E-state index in [1.807, 2.05) is 49.8 Å². The summed E-state index contributed by atoms with van der Waals surface area (Å²) in [5, 5.41) is 5.49. The van der Waals surface area contributed by atoms with Gasteiger partial charge < -0.3 is 5.73 Å². The summed E-state index contributed by atoms with van der Waals surface area (Å²) in [6.07, 6.45) is 1.62. The first-order chi connectivity index (χ1) is 9.01. The van der Waals surface area contributed by atoms with E-state index < -0.39 is 5.54 Å². The van der Waals surface area contributed by atoms with Gasteiger partial charge in [0.2, 0.25) is 0 Å². The highest BCUT2D eigenvalue weighted by Crippen LogP contribution is 2.21. The van der Waals surface area contributed by atoms with Crippen molar-refractivity contribution in [3.05, 3.63) is 30.0 Å². The Kier molecular flexibility index (Phi) is 3.71. The Bertz CT molecular complexity index is 596. The summed E-state index contributed by atoms with van der Waals surface area (Å²) in [6, 6.07) is 7.95. The molecule has 0 amide bonds. The summed E-state index contributed by atoms with van der Waals surface area (Å²) in [6.45, 7) is 3.91. The largest absolute Gasteiger partial charge is 0.319 e. The molecule has 2 N–H and O–H groups in total. The van der Waals surface area contributed by atoms with Gasteiger partial charge in [0.1, 0.15) is 0 Å². The molecule has 2 rings (SSSR count). The molecule has 4 nitrogen and oxygen atoms in total. The quantitative estimate of drug-likeness (QED) is 0.895. The Labute approximate surface area is 113 Å². The molecule has 0 aliphatic rings. The van der Waals surface area contributed by atoms with Crippen LogP contribution in [0.25, 0.3) is 10.9 Å². The first-order valence-electron chi connectivity index (χ1n) is 6.74. The second-order valence-corrected chi connectivity index (χ2v) is 5.05. The number of hydrogen-bond acceptors (Lipinski definition) is 3. The molecule has 0 fully saturated rings. The number of fused-ring (bicyclic) bond motifs is 1. The van der Waals surface area contributed by atoms with E-state index in [1.165, 1.54) is 0 Å². The fourth-order valence-corrected chi connectivity index (χ4v) is 2.39. The van der Waals surface area contributed by atoms with Crippen molar-refractivity contribution in [3.63, 3.8) is 0 Å². The van der Waals surface area contributed by atoms with E-state index in [-0.39, 0.29) is 5.78 Å². The van der Waals surface area contributed by atoms with Gasteiger partial charge in [-0.25, -0.2) is 0 Å². The molecule has 0 saturated heterocycles. The normalized spacial score (nSPS) is 12.0. The fourth-order valence-electron chi connectivity index (χ4n) is 2.39. The van der Waals surface area contributed by atoms with Crippen LogP contribution in [0.3, 0.4) is 0 Å². The van der Waals surface area contributed by atoms with Gasteiger partial charge in [0, 0.05) is 12.4 Å². The van der Waals surface area contributed by atoms with Crippen LogP contribution in [0.5, 0.6) is 0 Å². The van der Waals surface area contributed by atoms with E-state index in [0.717, 1.165) is 16.6 Å². The Morgan fingerprint density at radius 3 is 2.58 bits per heavy atom. The molecule has 0 radical (unpaired) electrons. The second kappa shape index (κ2) is 5.13. The highest BCUT2D eigenvalue weighted by molar-refractivity contribution is 5.93. The summed E-state index contributed by atoms with van der Waals surface area (Å²) in [5.74, 6) is 0.0707. The molecular weight excluding hydrogens is 238 g/mol. The van der Waals surface area contributed by atoms with E-state index in [9.17, 15) is 4.79 Å². The van der Waals surface area contributed by atoms with Gasteiger partial charge >= 0.3 is 0 Å². The van der Waals surface area contributed by atoms with Gasteiger partial charge in [-0.3, -0.25) is 9.48 Å². The Morgan fingerprint density at radius 1 is 1.32 bits per heavy atom. The fraction of sp³-hybridized carbons (Fsp3) is 0.467. The smallest absolute Gasteiger partial charge is 0.158 e. The average Bonchev–Trinajstić information content (AvgIpc) is 2.75. The van der Waals surface area contributed by atoms with Crippen molar-refractivity contribution in [1.29, 1.82) is 0 Å². The van der Waals surface area contributed by atoms with Crippen LogP contribution in [0.1, 0.15) is 32.4 Å². The molecule has 0 bridgehead atoms. The minimum atomic E-state index is -0.724. The van der Waals surface area contributed by atoms with Crippen molar-refractivity contribution in [1.82, 2.24) is 9.78 Å². The molecule has 1 aromatic carbocycles. The maximum atomic E-state index is 12.4. The molecular formula is C15H21N3O. The first-order valence-corrected chi connectivity index (χ1v) is 6.74. The maximum Gasteiger partial charge on any atom is 0.158 e. The van der Waals surface area contributed by atoms with E-state index in [4.69, 9.17) is 5.73 Å². The summed E-state index contributed by atoms with van der Waals surface area (Å²) in [5.41, 5.74) is 7.29. The number of rotatable bonds is 5. The molecule has 0 saturated carbocycles. The molecule has 102 valence electrons. The van der Waals surface area contributed by atoms with Gasteiger partial charge in [-0.05, 0) is 18.9 Å². The summed E-state index contributed by atoms with van der Waals surface area (Å²) in [7, 11) is 1.89. The lowest BCUT2D eigenvalue weighted by molar-refractivity contribution is -0.123. The molecule has 1 aromatic heterocycles. The van der Waals surface area contributed by atoms with Crippen LogP contribution >= 0.6 is 0 Å². The first kappa shape index (κ1) is 13.7. The Balaban J connectivity index is 2.34. The van der Waals surface area contributed by atoms with Crippen LogP contribution in [-0.2, 0) is 18.3 Å². The number of aromatic nitrogens is 2. The zero-order chi connectivity index (χ0) is 14.0. The third-order valence-corrected chi connectivity index (χ3v) is 3.98. The molecule has 0 unspecified atom stereocenters. The molecule has 0 spiro atoms. The van der Waals surface area contributed by atoms with E-state index in [2.05, 4.69) is 5.10 Å². The molecule has 0 aliphatic carbocycles. The number of carbonyl (C=O) groups is 1. The zero-order valence-electron chi connectivity index (χ0n) is 11.8. The van der Waals surface area contributed by atoms with Gasteiger partial charge in [0.05, 0.1) is 23.2 Å². The van der Waals surface area contributed by atoms with Crippen molar-refractivity contribution in [2.45, 2.75) is 38.6 Å². The Hall–Kier alpha value is -1.68. The predicted octanol–water partition coefficient (Wildman–Crippen LogP) is 2.20. The number of nitrogens with zero attached hydrogens (tertiary/aromatic N) is 2. The highest BCUT2D eigenvalue weighted by Gasteiger charge is 2.30. The van der Waals surface area contributed by atoms with Crippen molar-refractivity contribution < 1.29 is 4.79 Å². The molecule has 1 heterocycles. The maximum absolute atomic E-state index is 12.4. The van der Waals surface area contributed by atoms with Crippen LogP contribution in [0.4, 0.5) is 0 Å². The van der Waals surface area contributed by atoms with Gasteiger partial charge in [-0.1, -0.05) is 32.0 Å². The average molecular weight is 259 g/mol. The standard InChI is InChI=1S/C15H21N3O/c1-4-15(16,5-2)14(19)10-12-11-8-6-7-9-13(11)18(3)17-12/h6-9H,4-5,10,16H2,1-3H3. The van der Waals surface area contributed by atoms with Crippen molar-refractivity contribution >= 4 is 16.7 Å². The number of para-hydroxylation sites is 1. The van der Waals surface area contributed by atoms with Crippen LogP contribution in [0.15, 0.2) is 24.3 Å². The molecule has 19 heavy (non-hydrogen) atoms. The summed E-state index contributed by atoms with van der Waals surface area (Å²) in [4.78, 5) is 12.4. The third kappa shape index (κ3) is 2.40. The van der Waals surface area contributed by atoms with Crippen LogP contribution in [-0.4, -0.2) is 21.1 Å². The van der Waals surface area contributed by atoms with Crippen molar-refractivity contribution in [2.24, 2.45) is 12.8 Å². The van der Waals surface area contributed by atoms with Gasteiger partial charge in [0.25, 0.3) is 0 Å². The lowest BCUT2D eigenvalue weighted by Crippen LogP contribution is -2.47. The minimum absolute atomic E-state index is 0.0707.